The van der Waals surface area contributed by atoms with Crippen molar-refractivity contribution in [1.29, 1.82) is 0 Å². The summed E-state index contributed by atoms with van der Waals surface area (Å²) in [5, 5.41) is 11.6. The van der Waals surface area contributed by atoms with E-state index in [0.29, 0.717) is 15.7 Å². The Morgan fingerprint density at radius 2 is 1.89 bits per heavy atom. The summed E-state index contributed by atoms with van der Waals surface area (Å²) in [5.74, 6) is -0.737. The Kier molecular flexibility index (Phi) is 4.29. The van der Waals surface area contributed by atoms with Crippen molar-refractivity contribution in [3.8, 4) is 0 Å². The van der Waals surface area contributed by atoms with Crippen LogP contribution in [0, 0.1) is 5.82 Å². The molecular weight excluding hydrogens is 313 g/mol. The molecule has 0 aromatic heterocycles. The first-order chi connectivity index (χ1) is 9.10. The van der Waals surface area contributed by atoms with Crippen LogP contribution in [0.5, 0.6) is 0 Å². The normalized spacial score (nSPS) is 10.3. The molecule has 0 fully saturated rings. The minimum absolute atomic E-state index is 0.0439. The zero-order valence-electron chi connectivity index (χ0n) is 9.86. The second-order valence-corrected chi connectivity index (χ2v) is 4.79. The minimum atomic E-state index is -0.407. The highest BCUT2D eigenvalue weighted by Gasteiger charge is 2.10. The van der Waals surface area contributed by atoms with E-state index < -0.39 is 5.82 Å². The van der Waals surface area contributed by atoms with Crippen LogP contribution in [0.25, 0.3) is 0 Å². The van der Waals surface area contributed by atoms with Crippen LogP contribution >= 0.6 is 15.9 Å². The number of hydrogen-bond donors (Lipinski definition) is 2. The second kappa shape index (κ2) is 5.95. The third-order valence-electron chi connectivity index (χ3n) is 2.57. The summed E-state index contributed by atoms with van der Waals surface area (Å²) in [6.07, 6.45) is 0. The predicted molar refractivity (Wildman–Crippen MR) is 74.4 cm³/mol. The van der Waals surface area contributed by atoms with Crippen LogP contribution in [0.1, 0.15) is 15.9 Å². The fourth-order valence-electron chi connectivity index (χ4n) is 1.57. The SMILES string of the molecule is O=C(Nc1ccc(CO)cc1)c1ccc(F)cc1Br. The fourth-order valence-corrected chi connectivity index (χ4v) is 2.10. The molecule has 1 amide bonds. The van der Waals surface area contributed by atoms with Gasteiger partial charge in [0.15, 0.2) is 0 Å². The fraction of sp³-hybridized carbons (Fsp3) is 0.0714. The van der Waals surface area contributed by atoms with Crippen LogP contribution in [0.3, 0.4) is 0 Å². The van der Waals surface area contributed by atoms with E-state index >= 15 is 0 Å². The molecular formula is C14H11BrFNO2. The summed E-state index contributed by atoms with van der Waals surface area (Å²) >= 11 is 3.15. The molecule has 0 unspecified atom stereocenters. The quantitative estimate of drug-likeness (QED) is 0.910. The Bertz CT molecular complexity index is 599. The molecule has 0 bridgehead atoms. The first-order valence-electron chi connectivity index (χ1n) is 5.56. The number of carbonyl (C=O) groups is 1. The number of halogens is 2. The van der Waals surface area contributed by atoms with Gasteiger partial charge in [-0.25, -0.2) is 4.39 Å². The van der Waals surface area contributed by atoms with Crippen LogP contribution in [0.4, 0.5) is 10.1 Å². The minimum Gasteiger partial charge on any atom is -0.392 e. The van der Waals surface area contributed by atoms with Gasteiger partial charge in [-0.1, -0.05) is 12.1 Å². The number of nitrogens with one attached hydrogen (secondary N) is 1. The van der Waals surface area contributed by atoms with E-state index in [0.717, 1.165) is 5.56 Å². The maximum Gasteiger partial charge on any atom is 0.256 e. The topological polar surface area (TPSA) is 49.3 Å². The Morgan fingerprint density at radius 3 is 2.47 bits per heavy atom. The van der Waals surface area contributed by atoms with Crippen molar-refractivity contribution in [3.05, 3.63) is 63.9 Å². The highest BCUT2D eigenvalue weighted by molar-refractivity contribution is 9.10. The molecule has 98 valence electrons. The van der Waals surface area contributed by atoms with Gasteiger partial charge in [0.2, 0.25) is 0 Å². The number of rotatable bonds is 3. The largest absolute Gasteiger partial charge is 0.392 e. The van der Waals surface area contributed by atoms with Crippen molar-refractivity contribution in [2.24, 2.45) is 0 Å². The van der Waals surface area contributed by atoms with Gasteiger partial charge in [0, 0.05) is 10.2 Å². The third-order valence-corrected chi connectivity index (χ3v) is 3.23. The molecule has 3 nitrogen and oxygen atoms in total. The number of carbonyl (C=O) groups excluding carboxylic acids is 1. The lowest BCUT2D eigenvalue weighted by Crippen LogP contribution is -2.12. The number of amides is 1. The van der Waals surface area contributed by atoms with Gasteiger partial charge in [-0.15, -0.1) is 0 Å². The van der Waals surface area contributed by atoms with Crippen LogP contribution in [-0.2, 0) is 6.61 Å². The molecule has 0 atom stereocenters. The van der Waals surface area contributed by atoms with Crippen LogP contribution in [-0.4, -0.2) is 11.0 Å². The van der Waals surface area contributed by atoms with Gasteiger partial charge in [0.05, 0.1) is 12.2 Å². The summed E-state index contributed by atoms with van der Waals surface area (Å²) < 4.78 is 13.3. The second-order valence-electron chi connectivity index (χ2n) is 3.93. The van der Waals surface area contributed by atoms with E-state index in [1.165, 1.54) is 18.2 Å². The summed E-state index contributed by atoms with van der Waals surface area (Å²) in [5.41, 5.74) is 1.73. The lowest BCUT2D eigenvalue weighted by molar-refractivity contribution is 0.102. The number of aliphatic hydroxyl groups is 1. The lowest BCUT2D eigenvalue weighted by Gasteiger charge is -2.07. The van der Waals surface area contributed by atoms with Crippen LogP contribution in [0.2, 0.25) is 0 Å². The number of anilines is 1. The molecule has 0 radical (unpaired) electrons. The van der Waals surface area contributed by atoms with Gasteiger partial charge >= 0.3 is 0 Å². The molecule has 0 aliphatic rings. The highest BCUT2D eigenvalue weighted by Crippen LogP contribution is 2.19. The van der Waals surface area contributed by atoms with Gasteiger partial charge in [-0.05, 0) is 51.8 Å². The molecule has 0 aliphatic carbocycles. The van der Waals surface area contributed by atoms with Crippen molar-refractivity contribution in [2.75, 3.05) is 5.32 Å². The van der Waals surface area contributed by atoms with Gasteiger partial charge in [0.25, 0.3) is 5.91 Å². The Balaban J connectivity index is 2.15. The molecule has 5 heteroatoms. The van der Waals surface area contributed by atoms with E-state index in [1.807, 2.05) is 0 Å². The lowest BCUT2D eigenvalue weighted by atomic mass is 10.2. The Hall–Kier alpha value is -1.72. The van der Waals surface area contributed by atoms with Crippen molar-refractivity contribution >= 4 is 27.5 Å². The zero-order chi connectivity index (χ0) is 13.8. The molecule has 0 heterocycles. The molecule has 0 saturated carbocycles. The smallest absolute Gasteiger partial charge is 0.256 e. The van der Waals surface area contributed by atoms with Gasteiger partial charge in [0.1, 0.15) is 5.82 Å². The monoisotopic (exact) mass is 323 g/mol. The molecule has 2 rings (SSSR count). The van der Waals surface area contributed by atoms with Gasteiger partial charge < -0.3 is 10.4 Å². The third kappa shape index (κ3) is 3.39. The van der Waals surface area contributed by atoms with Crippen molar-refractivity contribution in [1.82, 2.24) is 0 Å². The van der Waals surface area contributed by atoms with E-state index in [9.17, 15) is 9.18 Å². The van der Waals surface area contributed by atoms with Crippen molar-refractivity contribution < 1.29 is 14.3 Å². The van der Waals surface area contributed by atoms with E-state index in [2.05, 4.69) is 21.2 Å². The summed E-state index contributed by atoms with van der Waals surface area (Å²) in [6, 6.07) is 10.7. The average molecular weight is 324 g/mol. The number of benzene rings is 2. The van der Waals surface area contributed by atoms with E-state index in [-0.39, 0.29) is 12.5 Å². The Labute approximate surface area is 118 Å². The summed E-state index contributed by atoms with van der Waals surface area (Å²) in [4.78, 5) is 12.0. The zero-order valence-corrected chi connectivity index (χ0v) is 11.4. The molecule has 2 N–H and O–H groups in total. The maximum atomic E-state index is 12.9. The average Bonchev–Trinajstić information content (AvgIpc) is 2.39. The predicted octanol–water partition coefficient (Wildman–Crippen LogP) is 3.33. The molecule has 19 heavy (non-hydrogen) atoms. The maximum absolute atomic E-state index is 12.9. The van der Waals surface area contributed by atoms with E-state index in [1.54, 1.807) is 24.3 Å². The van der Waals surface area contributed by atoms with Crippen molar-refractivity contribution in [3.63, 3.8) is 0 Å². The molecule has 2 aromatic carbocycles. The summed E-state index contributed by atoms with van der Waals surface area (Å²) in [6.45, 7) is -0.0439. The van der Waals surface area contributed by atoms with E-state index in [4.69, 9.17) is 5.11 Å². The standard InChI is InChI=1S/C14H11BrFNO2/c15-13-7-10(16)3-6-12(13)14(19)17-11-4-1-9(8-18)2-5-11/h1-7,18H,8H2,(H,17,19). The first kappa shape index (κ1) is 13.7. The first-order valence-corrected chi connectivity index (χ1v) is 6.35. The molecule has 2 aromatic rings. The Morgan fingerprint density at radius 1 is 1.21 bits per heavy atom. The number of hydrogen-bond acceptors (Lipinski definition) is 2. The van der Waals surface area contributed by atoms with Crippen LogP contribution < -0.4 is 5.32 Å². The van der Waals surface area contributed by atoms with Crippen LogP contribution in [0.15, 0.2) is 46.9 Å². The number of aliphatic hydroxyl groups excluding tert-OH is 1. The molecule has 0 aliphatic heterocycles. The molecule has 0 spiro atoms. The highest BCUT2D eigenvalue weighted by atomic mass is 79.9. The summed E-state index contributed by atoms with van der Waals surface area (Å²) in [7, 11) is 0. The van der Waals surface area contributed by atoms with Gasteiger partial charge in [-0.3, -0.25) is 4.79 Å². The molecule has 0 saturated heterocycles. The van der Waals surface area contributed by atoms with Gasteiger partial charge in [-0.2, -0.15) is 0 Å². The van der Waals surface area contributed by atoms with Crippen molar-refractivity contribution in [2.45, 2.75) is 6.61 Å².